The first-order valence-electron chi connectivity index (χ1n) is 10.9. The normalized spacial score (nSPS) is 19.8. The van der Waals surface area contributed by atoms with E-state index in [-0.39, 0.29) is 23.5 Å². The number of aryl methyl sites for hydroxylation is 1. The maximum absolute atomic E-state index is 13.4. The summed E-state index contributed by atoms with van der Waals surface area (Å²) in [7, 11) is -3.97. The highest BCUT2D eigenvalue weighted by molar-refractivity contribution is 7.89. The van der Waals surface area contributed by atoms with Gasteiger partial charge < -0.3 is 15.4 Å². The molecule has 0 spiro atoms. The van der Waals surface area contributed by atoms with Crippen LogP contribution in [0.2, 0.25) is 0 Å². The second kappa shape index (κ2) is 11.0. The van der Waals surface area contributed by atoms with Gasteiger partial charge in [0.15, 0.2) is 0 Å². The number of nitrogens with one attached hydrogen (secondary N) is 2. The van der Waals surface area contributed by atoms with Crippen LogP contribution in [0.5, 0.6) is 0 Å². The summed E-state index contributed by atoms with van der Waals surface area (Å²) >= 11 is 0. The summed E-state index contributed by atoms with van der Waals surface area (Å²) in [6, 6.07) is 3.47. The lowest BCUT2D eigenvalue weighted by Gasteiger charge is -2.34. The van der Waals surface area contributed by atoms with E-state index in [1.165, 1.54) is 25.0 Å². The van der Waals surface area contributed by atoms with E-state index in [1.54, 1.807) is 0 Å². The van der Waals surface area contributed by atoms with Crippen molar-refractivity contribution >= 4 is 21.8 Å². The van der Waals surface area contributed by atoms with Crippen LogP contribution in [0.3, 0.4) is 0 Å². The predicted molar refractivity (Wildman–Crippen MR) is 117 cm³/mol. The van der Waals surface area contributed by atoms with Crippen LogP contribution in [0.1, 0.15) is 44.1 Å². The third-order valence-corrected chi connectivity index (χ3v) is 7.69. The van der Waals surface area contributed by atoms with Gasteiger partial charge in [-0.2, -0.15) is 4.31 Å². The van der Waals surface area contributed by atoms with Crippen LogP contribution in [0.25, 0.3) is 0 Å². The van der Waals surface area contributed by atoms with Gasteiger partial charge in [-0.1, -0.05) is 11.6 Å². The largest absolute Gasteiger partial charge is 0.360 e. The number of carbonyl (C=O) groups is 2. The quantitative estimate of drug-likeness (QED) is 0.471. The zero-order chi connectivity index (χ0) is 23.1. The number of nitrogens with zero attached hydrogens (tertiary/aromatic N) is 1. The molecule has 0 saturated carbocycles. The lowest BCUT2D eigenvalue weighted by Crippen LogP contribution is -2.53. The van der Waals surface area contributed by atoms with E-state index in [0.29, 0.717) is 26.0 Å². The zero-order valence-corrected chi connectivity index (χ0v) is 19.0. The molecule has 1 heterocycles. The summed E-state index contributed by atoms with van der Waals surface area (Å²) in [6.45, 7) is 2.25. The molecule has 10 heteroatoms. The first-order valence-corrected chi connectivity index (χ1v) is 12.4. The summed E-state index contributed by atoms with van der Waals surface area (Å²) in [6.07, 6.45) is 6.86. The molecule has 1 aromatic rings. The molecule has 2 aliphatic rings. The summed E-state index contributed by atoms with van der Waals surface area (Å²) in [4.78, 5) is 24.2. The van der Waals surface area contributed by atoms with Gasteiger partial charge in [-0.15, -0.1) is 0 Å². The fourth-order valence-electron chi connectivity index (χ4n) is 3.94. The van der Waals surface area contributed by atoms with Gasteiger partial charge in [0.05, 0.1) is 18.0 Å². The van der Waals surface area contributed by atoms with E-state index in [1.807, 2.05) is 0 Å². The first kappa shape index (κ1) is 24.3. The van der Waals surface area contributed by atoms with Crippen LogP contribution in [0.15, 0.2) is 34.7 Å². The van der Waals surface area contributed by atoms with Gasteiger partial charge in [0.1, 0.15) is 12.0 Å². The predicted octanol–water partition coefficient (Wildman–Crippen LogP) is 1.99. The minimum absolute atomic E-state index is 0.0181. The average molecular weight is 468 g/mol. The van der Waals surface area contributed by atoms with Crippen molar-refractivity contribution in [1.29, 1.82) is 0 Å². The monoisotopic (exact) mass is 467 g/mol. The van der Waals surface area contributed by atoms with Crippen molar-refractivity contribution in [3.63, 3.8) is 0 Å². The number of ether oxygens (including phenoxy) is 1. The van der Waals surface area contributed by atoms with Crippen molar-refractivity contribution in [2.45, 2.75) is 56.6 Å². The number of hydrogen-bond donors (Lipinski definition) is 2. The lowest BCUT2D eigenvalue weighted by atomic mass is 9.97. The molecule has 32 heavy (non-hydrogen) atoms. The Kier molecular flexibility index (Phi) is 8.38. The molecule has 3 rings (SSSR count). The Hall–Kier alpha value is -2.30. The Balaban J connectivity index is 1.56. The number of halogens is 1. The molecule has 1 saturated heterocycles. The molecule has 1 fully saturated rings. The summed E-state index contributed by atoms with van der Waals surface area (Å²) in [5.74, 6) is -2.13. The highest BCUT2D eigenvalue weighted by Gasteiger charge is 2.35. The van der Waals surface area contributed by atoms with E-state index in [4.69, 9.17) is 4.74 Å². The fraction of sp³-hybridized carbons (Fsp3) is 0.545. The maximum atomic E-state index is 13.4. The SMILES string of the molecule is Cc1cc(F)ccc1S(=O)(=O)N1CCCO[C@H]1CNC(=O)C(=O)NCCC1=CCCCC1. The Morgan fingerprint density at radius 3 is 2.69 bits per heavy atom. The van der Waals surface area contributed by atoms with Gasteiger partial charge in [0, 0.05) is 13.1 Å². The van der Waals surface area contributed by atoms with Crippen molar-refractivity contribution in [2.75, 3.05) is 26.2 Å². The van der Waals surface area contributed by atoms with E-state index < -0.39 is 33.9 Å². The van der Waals surface area contributed by atoms with Crippen molar-refractivity contribution in [3.05, 3.63) is 41.2 Å². The maximum Gasteiger partial charge on any atom is 0.309 e. The smallest absolute Gasteiger partial charge is 0.309 e. The molecule has 1 atom stereocenters. The highest BCUT2D eigenvalue weighted by atomic mass is 32.2. The molecule has 1 aliphatic carbocycles. The molecule has 2 N–H and O–H groups in total. The molecular formula is C22H30FN3O5S. The van der Waals surface area contributed by atoms with E-state index >= 15 is 0 Å². The molecule has 0 bridgehead atoms. The molecule has 176 valence electrons. The first-order chi connectivity index (χ1) is 15.3. The van der Waals surface area contributed by atoms with Crippen LogP contribution < -0.4 is 10.6 Å². The van der Waals surface area contributed by atoms with Crippen molar-refractivity contribution in [3.8, 4) is 0 Å². The van der Waals surface area contributed by atoms with E-state index in [9.17, 15) is 22.4 Å². The van der Waals surface area contributed by atoms with E-state index in [0.717, 1.165) is 35.7 Å². The minimum Gasteiger partial charge on any atom is -0.360 e. The third kappa shape index (κ3) is 6.14. The van der Waals surface area contributed by atoms with Crippen LogP contribution in [-0.2, 0) is 24.3 Å². The molecule has 1 aromatic carbocycles. The van der Waals surface area contributed by atoms with Gasteiger partial charge in [0.25, 0.3) is 0 Å². The number of rotatable bonds is 7. The number of amides is 2. The standard InChI is InChI=1S/C22H30FN3O5S/c1-16-14-18(23)8-9-19(16)32(29,30)26-12-5-13-31-20(26)15-25-22(28)21(27)24-11-10-17-6-3-2-4-7-17/h6,8-9,14,20H,2-5,7,10-13,15H2,1H3,(H,24,27)(H,25,28)/t20-/m0/s1. The van der Waals surface area contributed by atoms with Gasteiger partial charge in [-0.3, -0.25) is 9.59 Å². The topological polar surface area (TPSA) is 105 Å². The molecule has 0 radical (unpaired) electrons. The number of hydrogen-bond acceptors (Lipinski definition) is 5. The van der Waals surface area contributed by atoms with Gasteiger partial charge in [-0.25, -0.2) is 12.8 Å². The van der Waals surface area contributed by atoms with Crippen LogP contribution >= 0.6 is 0 Å². The Morgan fingerprint density at radius 1 is 1.19 bits per heavy atom. The second-order valence-electron chi connectivity index (χ2n) is 8.03. The summed E-state index contributed by atoms with van der Waals surface area (Å²) < 4.78 is 46.4. The number of carbonyl (C=O) groups excluding carboxylic acids is 2. The number of benzene rings is 1. The molecule has 1 aliphatic heterocycles. The average Bonchev–Trinajstić information content (AvgIpc) is 2.78. The highest BCUT2D eigenvalue weighted by Crippen LogP contribution is 2.25. The lowest BCUT2D eigenvalue weighted by molar-refractivity contribution is -0.140. The van der Waals surface area contributed by atoms with Gasteiger partial charge >= 0.3 is 11.8 Å². The number of allylic oxidation sites excluding steroid dienone is 1. The van der Waals surface area contributed by atoms with Gasteiger partial charge in [0.2, 0.25) is 10.0 Å². The van der Waals surface area contributed by atoms with Crippen molar-refractivity contribution in [1.82, 2.24) is 14.9 Å². The summed E-state index contributed by atoms with van der Waals surface area (Å²) in [5.41, 5.74) is 1.58. The number of sulfonamides is 1. The van der Waals surface area contributed by atoms with Crippen molar-refractivity contribution < 1.29 is 27.1 Å². The molecule has 8 nitrogen and oxygen atoms in total. The molecule has 0 unspecified atom stereocenters. The Morgan fingerprint density at radius 2 is 1.97 bits per heavy atom. The molecule has 2 amide bonds. The van der Waals surface area contributed by atoms with Crippen LogP contribution in [-0.4, -0.2) is 57.0 Å². The zero-order valence-electron chi connectivity index (χ0n) is 18.2. The van der Waals surface area contributed by atoms with Crippen LogP contribution in [0, 0.1) is 12.7 Å². The molecule has 0 aromatic heterocycles. The van der Waals surface area contributed by atoms with Gasteiger partial charge in [-0.05, 0) is 69.2 Å². The Labute approximate surface area is 188 Å². The van der Waals surface area contributed by atoms with Crippen molar-refractivity contribution in [2.24, 2.45) is 0 Å². The molecular weight excluding hydrogens is 437 g/mol. The fourth-order valence-corrected chi connectivity index (χ4v) is 5.71. The minimum atomic E-state index is -3.97. The van der Waals surface area contributed by atoms with Crippen LogP contribution in [0.4, 0.5) is 4.39 Å². The summed E-state index contributed by atoms with van der Waals surface area (Å²) in [5, 5.41) is 5.06. The van der Waals surface area contributed by atoms with E-state index in [2.05, 4.69) is 16.7 Å². The second-order valence-corrected chi connectivity index (χ2v) is 9.89. The Bertz CT molecular complexity index is 980. The third-order valence-electron chi connectivity index (χ3n) is 5.64.